The molecule has 0 aliphatic carbocycles. The lowest BCUT2D eigenvalue weighted by Crippen LogP contribution is -2.45. The fourth-order valence-corrected chi connectivity index (χ4v) is 4.27. The zero-order valence-electron chi connectivity index (χ0n) is 14.9. The van der Waals surface area contributed by atoms with Crippen LogP contribution in [-0.4, -0.2) is 80.8 Å². The fraction of sp³-hybridized carbons (Fsp3) is 0.667. The first kappa shape index (κ1) is 20.0. The van der Waals surface area contributed by atoms with Gasteiger partial charge in [-0.05, 0) is 6.07 Å². The molecule has 2 heterocycles. The van der Waals surface area contributed by atoms with Crippen molar-refractivity contribution in [1.29, 1.82) is 0 Å². The van der Waals surface area contributed by atoms with Gasteiger partial charge in [-0.1, -0.05) is 11.6 Å². The van der Waals surface area contributed by atoms with Crippen molar-refractivity contribution < 1.29 is 13.2 Å². The Hall–Kier alpha value is -1.29. The van der Waals surface area contributed by atoms with Gasteiger partial charge < -0.3 is 19.5 Å². The van der Waals surface area contributed by atoms with Crippen molar-refractivity contribution >= 4 is 27.6 Å². The summed E-state index contributed by atoms with van der Waals surface area (Å²) >= 11 is 6.00. The minimum Gasteiger partial charge on any atom is -0.379 e. The molecule has 1 aliphatic heterocycles. The van der Waals surface area contributed by atoms with Crippen LogP contribution in [0.4, 0.5) is 0 Å². The van der Waals surface area contributed by atoms with Gasteiger partial charge in [0.05, 0.1) is 30.5 Å². The van der Waals surface area contributed by atoms with Gasteiger partial charge in [0.2, 0.25) is 10.0 Å². The van der Waals surface area contributed by atoms with Crippen LogP contribution >= 0.6 is 11.6 Å². The van der Waals surface area contributed by atoms with Crippen LogP contribution in [0.1, 0.15) is 5.69 Å². The second-order valence-corrected chi connectivity index (χ2v) is 8.44. The predicted octanol–water partition coefficient (Wildman–Crippen LogP) is 0.348. The Labute approximate surface area is 154 Å². The van der Waals surface area contributed by atoms with Gasteiger partial charge >= 0.3 is 0 Å². The van der Waals surface area contributed by atoms with E-state index in [1.54, 1.807) is 7.05 Å². The standard InChI is InChI=1S/C15H26ClN5O3S/c1-17-15(20(3)12-14-10-13(16)11-19(14)2)18-4-9-25(22,23)21-5-7-24-8-6-21/h10-11H,4-9,12H2,1-3H3,(H,17,18). The Morgan fingerprint density at radius 1 is 1.44 bits per heavy atom. The summed E-state index contributed by atoms with van der Waals surface area (Å²) in [7, 11) is 2.22. The number of halogens is 1. The van der Waals surface area contributed by atoms with E-state index < -0.39 is 10.0 Å². The molecule has 142 valence electrons. The van der Waals surface area contributed by atoms with E-state index in [-0.39, 0.29) is 5.75 Å². The highest BCUT2D eigenvalue weighted by molar-refractivity contribution is 7.89. The van der Waals surface area contributed by atoms with E-state index >= 15 is 0 Å². The molecule has 2 rings (SSSR count). The lowest BCUT2D eigenvalue weighted by molar-refractivity contribution is 0.0730. The molecule has 8 nitrogen and oxygen atoms in total. The molecule has 0 unspecified atom stereocenters. The van der Waals surface area contributed by atoms with Crippen molar-refractivity contribution in [3.8, 4) is 0 Å². The van der Waals surface area contributed by atoms with Crippen LogP contribution in [0.5, 0.6) is 0 Å². The van der Waals surface area contributed by atoms with E-state index in [1.807, 2.05) is 35.8 Å². The molecular weight excluding hydrogens is 366 g/mol. The smallest absolute Gasteiger partial charge is 0.215 e. The van der Waals surface area contributed by atoms with Gasteiger partial charge in [-0.3, -0.25) is 4.99 Å². The van der Waals surface area contributed by atoms with Gasteiger partial charge in [0, 0.05) is 52.7 Å². The molecule has 1 fully saturated rings. The van der Waals surface area contributed by atoms with Crippen molar-refractivity contribution in [3.05, 3.63) is 23.0 Å². The van der Waals surface area contributed by atoms with Crippen molar-refractivity contribution in [2.24, 2.45) is 12.0 Å². The maximum atomic E-state index is 12.3. The normalized spacial score (nSPS) is 16.9. The first-order valence-electron chi connectivity index (χ1n) is 8.11. The predicted molar refractivity (Wildman–Crippen MR) is 99.4 cm³/mol. The van der Waals surface area contributed by atoms with Crippen molar-refractivity contribution in [1.82, 2.24) is 19.1 Å². The molecule has 1 aliphatic rings. The number of nitrogens with one attached hydrogen (secondary N) is 1. The number of aryl methyl sites for hydroxylation is 1. The number of nitrogens with zero attached hydrogens (tertiary/aromatic N) is 4. The molecule has 0 saturated carbocycles. The van der Waals surface area contributed by atoms with Gasteiger partial charge in [0.1, 0.15) is 0 Å². The number of hydrogen-bond acceptors (Lipinski definition) is 4. The number of ether oxygens (including phenoxy) is 1. The fourth-order valence-electron chi connectivity index (χ4n) is 2.67. The summed E-state index contributed by atoms with van der Waals surface area (Å²) in [6, 6.07) is 1.90. The van der Waals surface area contributed by atoms with Crippen LogP contribution in [0.15, 0.2) is 17.3 Å². The molecule has 1 aromatic rings. The van der Waals surface area contributed by atoms with Gasteiger partial charge in [0.15, 0.2) is 5.96 Å². The molecule has 0 atom stereocenters. The molecule has 1 saturated heterocycles. The van der Waals surface area contributed by atoms with Crippen LogP contribution in [0.25, 0.3) is 0 Å². The highest BCUT2D eigenvalue weighted by Gasteiger charge is 2.24. The third-order valence-electron chi connectivity index (χ3n) is 4.05. The average molecular weight is 392 g/mol. The monoisotopic (exact) mass is 391 g/mol. The van der Waals surface area contributed by atoms with Crippen LogP contribution < -0.4 is 5.32 Å². The molecule has 0 amide bonds. The lowest BCUT2D eigenvalue weighted by Gasteiger charge is -2.27. The summed E-state index contributed by atoms with van der Waals surface area (Å²) in [4.78, 5) is 6.14. The maximum absolute atomic E-state index is 12.3. The van der Waals surface area contributed by atoms with Crippen LogP contribution in [0.3, 0.4) is 0 Å². The van der Waals surface area contributed by atoms with E-state index in [0.717, 1.165) is 5.69 Å². The topological polar surface area (TPSA) is 79.2 Å². The van der Waals surface area contributed by atoms with Gasteiger partial charge in [-0.15, -0.1) is 0 Å². The van der Waals surface area contributed by atoms with E-state index in [4.69, 9.17) is 16.3 Å². The third-order valence-corrected chi connectivity index (χ3v) is 6.13. The Bertz CT molecular complexity index is 698. The second kappa shape index (κ2) is 8.88. The Morgan fingerprint density at radius 3 is 2.68 bits per heavy atom. The Kier molecular flexibility index (Phi) is 7.12. The number of guanidine groups is 1. The summed E-state index contributed by atoms with van der Waals surface area (Å²) < 4.78 is 33.3. The van der Waals surface area contributed by atoms with E-state index in [2.05, 4.69) is 10.3 Å². The Balaban J connectivity index is 1.86. The number of rotatable bonds is 6. The van der Waals surface area contributed by atoms with Crippen molar-refractivity contribution in [3.63, 3.8) is 0 Å². The van der Waals surface area contributed by atoms with E-state index in [9.17, 15) is 8.42 Å². The van der Waals surface area contributed by atoms with Crippen LogP contribution in [0, 0.1) is 0 Å². The molecule has 1 N–H and O–H groups in total. The highest BCUT2D eigenvalue weighted by Crippen LogP contribution is 2.14. The summed E-state index contributed by atoms with van der Waals surface area (Å²) in [5.41, 5.74) is 1.04. The number of aromatic nitrogens is 1. The van der Waals surface area contributed by atoms with Crippen molar-refractivity contribution in [2.45, 2.75) is 6.54 Å². The summed E-state index contributed by atoms with van der Waals surface area (Å²) in [6.07, 6.45) is 1.84. The minimum atomic E-state index is -3.28. The number of aliphatic imine (C=N–C) groups is 1. The molecule has 0 spiro atoms. The van der Waals surface area contributed by atoms with E-state index in [1.165, 1.54) is 4.31 Å². The summed E-state index contributed by atoms with van der Waals surface area (Å²) in [6.45, 7) is 2.66. The average Bonchev–Trinajstić information content (AvgIpc) is 2.89. The molecule has 1 aromatic heterocycles. The van der Waals surface area contributed by atoms with E-state index in [0.29, 0.717) is 50.4 Å². The lowest BCUT2D eigenvalue weighted by atomic mass is 10.4. The number of morpholine rings is 1. The zero-order valence-corrected chi connectivity index (χ0v) is 16.5. The van der Waals surface area contributed by atoms with Gasteiger partial charge in [-0.25, -0.2) is 8.42 Å². The molecule has 0 aromatic carbocycles. The highest BCUT2D eigenvalue weighted by atomic mass is 35.5. The van der Waals surface area contributed by atoms with Crippen LogP contribution in [-0.2, 0) is 28.4 Å². The molecule has 0 radical (unpaired) electrons. The summed E-state index contributed by atoms with van der Waals surface area (Å²) in [5.74, 6) is 0.657. The van der Waals surface area contributed by atoms with Gasteiger partial charge in [0.25, 0.3) is 0 Å². The first-order chi connectivity index (χ1) is 11.8. The molecule has 25 heavy (non-hydrogen) atoms. The number of sulfonamides is 1. The quantitative estimate of drug-likeness (QED) is 0.559. The zero-order chi connectivity index (χ0) is 18.4. The maximum Gasteiger partial charge on any atom is 0.215 e. The first-order valence-corrected chi connectivity index (χ1v) is 10.1. The SMILES string of the molecule is CN=C(NCCS(=O)(=O)N1CCOCC1)N(C)Cc1cc(Cl)cn1C. The minimum absolute atomic E-state index is 0.0237. The second-order valence-electron chi connectivity index (χ2n) is 5.92. The van der Waals surface area contributed by atoms with Crippen LogP contribution in [0.2, 0.25) is 5.02 Å². The molecule has 0 bridgehead atoms. The number of hydrogen-bond donors (Lipinski definition) is 1. The van der Waals surface area contributed by atoms with Gasteiger partial charge in [-0.2, -0.15) is 4.31 Å². The molecule has 10 heteroatoms. The third kappa shape index (κ3) is 5.60. The summed E-state index contributed by atoms with van der Waals surface area (Å²) in [5, 5.41) is 3.79. The Morgan fingerprint density at radius 2 is 2.12 bits per heavy atom. The molecular formula is C15H26ClN5O3S. The largest absolute Gasteiger partial charge is 0.379 e. The van der Waals surface area contributed by atoms with Crippen molar-refractivity contribution in [2.75, 3.05) is 52.7 Å².